The molecule has 0 bridgehead atoms. The minimum absolute atomic E-state index is 0.140. The van der Waals surface area contributed by atoms with Gasteiger partial charge in [-0.3, -0.25) is 4.79 Å². The lowest BCUT2D eigenvalue weighted by Crippen LogP contribution is -2.33. The fourth-order valence-electron chi connectivity index (χ4n) is 2.23. The predicted octanol–water partition coefficient (Wildman–Crippen LogP) is 4.02. The van der Waals surface area contributed by atoms with Crippen molar-refractivity contribution in [2.45, 2.75) is 25.8 Å². The number of hydrogen-bond donors (Lipinski definition) is 1. The third-order valence-corrected chi connectivity index (χ3v) is 3.96. The van der Waals surface area contributed by atoms with Crippen molar-refractivity contribution in [2.24, 2.45) is 5.92 Å². The second-order valence-electron chi connectivity index (χ2n) is 5.12. The molecule has 0 spiro atoms. The van der Waals surface area contributed by atoms with Gasteiger partial charge in [0, 0.05) is 16.5 Å². The molecule has 1 N–H and O–H groups in total. The summed E-state index contributed by atoms with van der Waals surface area (Å²) in [5, 5.41) is 3.62. The van der Waals surface area contributed by atoms with Gasteiger partial charge in [0.25, 0.3) is 0 Å². The number of benzene rings is 1. The summed E-state index contributed by atoms with van der Waals surface area (Å²) in [6.45, 7) is 0.447. The monoisotopic (exact) mass is 289 g/mol. The third-order valence-electron chi connectivity index (χ3n) is 3.70. The first-order valence-corrected chi connectivity index (χ1v) is 7.22. The molecule has 1 aliphatic carbocycles. The molecule has 1 aromatic heterocycles. The van der Waals surface area contributed by atoms with E-state index in [2.05, 4.69) is 5.32 Å². The number of hydrogen-bond acceptors (Lipinski definition) is 2. The Labute approximate surface area is 122 Å². The summed E-state index contributed by atoms with van der Waals surface area (Å²) in [5.41, 5.74) is 0.978. The minimum Gasteiger partial charge on any atom is -0.459 e. The van der Waals surface area contributed by atoms with Gasteiger partial charge < -0.3 is 9.73 Å². The molecule has 0 saturated heterocycles. The van der Waals surface area contributed by atoms with Gasteiger partial charge in [-0.15, -0.1) is 0 Å². The molecule has 0 atom stereocenters. The normalized spacial score (nSPS) is 14.8. The van der Waals surface area contributed by atoms with Crippen molar-refractivity contribution < 1.29 is 9.21 Å². The Bertz CT molecular complexity index is 599. The van der Waals surface area contributed by atoms with Crippen molar-refractivity contribution in [2.75, 3.05) is 0 Å². The van der Waals surface area contributed by atoms with Crippen LogP contribution in [0.5, 0.6) is 0 Å². The first-order valence-electron chi connectivity index (χ1n) is 6.85. The summed E-state index contributed by atoms with van der Waals surface area (Å²) in [7, 11) is 0. The largest absolute Gasteiger partial charge is 0.459 e. The van der Waals surface area contributed by atoms with Crippen LogP contribution in [0.3, 0.4) is 0 Å². The second kappa shape index (κ2) is 5.71. The molecule has 0 radical (unpaired) electrons. The Morgan fingerprint density at radius 3 is 2.60 bits per heavy atom. The predicted molar refractivity (Wildman–Crippen MR) is 78.3 cm³/mol. The highest BCUT2D eigenvalue weighted by Gasteiger charge is 2.24. The van der Waals surface area contributed by atoms with Crippen LogP contribution >= 0.6 is 11.6 Å². The number of carbonyl (C=O) groups excluding carboxylic acids is 1. The molecule has 1 saturated carbocycles. The third kappa shape index (κ3) is 2.88. The van der Waals surface area contributed by atoms with Crippen molar-refractivity contribution in [1.82, 2.24) is 5.32 Å². The standard InChI is InChI=1S/C16H16ClNO2/c17-13-6-4-11(5-7-13)15-9-8-14(20-15)10-18-16(19)12-2-1-3-12/h4-9,12H,1-3,10H2,(H,18,19). The topological polar surface area (TPSA) is 42.2 Å². The van der Waals surface area contributed by atoms with Gasteiger partial charge in [-0.2, -0.15) is 0 Å². The van der Waals surface area contributed by atoms with Gasteiger partial charge in [0.15, 0.2) is 0 Å². The number of amides is 1. The van der Waals surface area contributed by atoms with Crippen LogP contribution in [-0.2, 0) is 11.3 Å². The first kappa shape index (κ1) is 13.3. The van der Waals surface area contributed by atoms with Crippen LogP contribution < -0.4 is 5.32 Å². The lowest BCUT2D eigenvalue weighted by Gasteiger charge is -2.23. The zero-order valence-corrected chi connectivity index (χ0v) is 11.8. The molecule has 1 fully saturated rings. The highest BCUT2D eigenvalue weighted by atomic mass is 35.5. The van der Waals surface area contributed by atoms with Crippen LogP contribution in [0.4, 0.5) is 0 Å². The van der Waals surface area contributed by atoms with Crippen LogP contribution in [0, 0.1) is 5.92 Å². The Hall–Kier alpha value is -1.74. The molecule has 4 heteroatoms. The van der Waals surface area contributed by atoms with Crippen molar-refractivity contribution >= 4 is 17.5 Å². The average Bonchev–Trinajstić information content (AvgIpc) is 2.84. The van der Waals surface area contributed by atoms with Gasteiger partial charge in [-0.25, -0.2) is 0 Å². The van der Waals surface area contributed by atoms with Gasteiger partial charge in [0.1, 0.15) is 11.5 Å². The van der Waals surface area contributed by atoms with Gasteiger partial charge in [0.05, 0.1) is 6.54 Å². The Morgan fingerprint density at radius 1 is 1.20 bits per heavy atom. The van der Waals surface area contributed by atoms with E-state index in [1.54, 1.807) is 0 Å². The van der Waals surface area contributed by atoms with Crippen LogP contribution in [0.25, 0.3) is 11.3 Å². The summed E-state index contributed by atoms with van der Waals surface area (Å²) in [6.07, 6.45) is 3.19. The lowest BCUT2D eigenvalue weighted by atomic mass is 9.85. The first-order chi connectivity index (χ1) is 9.72. The van der Waals surface area contributed by atoms with E-state index in [9.17, 15) is 4.79 Å². The highest BCUT2D eigenvalue weighted by Crippen LogP contribution is 2.27. The average molecular weight is 290 g/mol. The highest BCUT2D eigenvalue weighted by molar-refractivity contribution is 6.30. The molecule has 2 aromatic rings. The summed E-state index contributed by atoms with van der Waals surface area (Å²) >= 11 is 5.86. The lowest BCUT2D eigenvalue weighted by molar-refractivity contribution is -0.127. The van der Waals surface area contributed by atoms with Gasteiger partial charge in [0.2, 0.25) is 5.91 Å². The molecule has 3 nitrogen and oxygen atoms in total. The SMILES string of the molecule is O=C(NCc1ccc(-c2ccc(Cl)cc2)o1)C1CCC1. The molecule has 1 aromatic carbocycles. The van der Waals surface area contributed by atoms with Gasteiger partial charge in [-0.1, -0.05) is 18.0 Å². The molecule has 1 amide bonds. The molecule has 0 unspecified atom stereocenters. The van der Waals surface area contributed by atoms with Crippen LogP contribution in [0.2, 0.25) is 5.02 Å². The molecule has 1 aliphatic rings. The van der Waals surface area contributed by atoms with E-state index in [-0.39, 0.29) is 11.8 Å². The van der Waals surface area contributed by atoms with Crippen LogP contribution in [0.1, 0.15) is 25.0 Å². The van der Waals surface area contributed by atoms with E-state index < -0.39 is 0 Å². The maximum Gasteiger partial charge on any atom is 0.223 e. The van der Waals surface area contributed by atoms with E-state index >= 15 is 0 Å². The van der Waals surface area contributed by atoms with Gasteiger partial charge >= 0.3 is 0 Å². The van der Waals surface area contributed by atoms with E-state index in [0.29, 0.717) is 11.6 Å². The van der Waals surface area contributed by atoms with E-state index in [0.717, 1.165) is 29.9 Å². The zero-order valence-electron chi connectivity index (χ0n) is 11.1. The fourth-order valence-corrected chi connectivity index (χ4v) is 2.36. The van der Waals surface area contributed by atoms with E-state index in [4.69, 9.17) is 16.0 Å². The summed E-state index contributed by atoms with van der Waals surface area (Å²) in [4.78, 5) is 11.7. The molecule has 0 aliphatic heterocycles. The van der Waals surface area contributed by atoms with Crippen molar-refractivity contribution in [3.05, 3.63) is 47.2 Å². The number of furan rings is 1. The molecular weight excluding hydrogens is 274 g/mol. The van der Waals surface area contributed by atoms with Crippen molar-refractivity contribution in [3.63, 3.8) is 0 Å². The number of carbonyl (C=O) groups is 1. The minimum atomic E-state index is 0.140. The van der Waals surface area contributed by atoms with E-state index in [1.807, 2.05) is 36.4 Å². The maximum atomic E-state index is 11.7. The smallest absolute Gasteiger partial charge is 0.223 e. The van der Waals surface area contributed by atoms with Crippen LogP contribution in [0.15, 0.2) is 40.8 Å². The molecule has 3 rings (SSSR count). The maximum absolute atomic E-state index is 11.7. The Balaban J connectivity index is 1.61. The molecule has 20 heavy (non-hydrogen) atoms. The summed E-state index contributed by atoms with van der Waals surface area (Å²) in [6, 6.07) is 11.3. The van der Waals surface area contributed by atoms with Crippen molar-refractivity contribution in [3.8, 4) is 11.3 Å². The quantitative estimate of drug-likeness (QED) is 0.924. The number of nitrogens with one attached hydrogen (secondary N) is 1. The Morgan fingerprint density at radius 2 is 1.95 bits per heavy atom. The summed E-state index contributed by atoms with van der Waals surface area (Å²) in [5.74, 6) is 1.90. The molecule has 1 heterocycles. The van der Waals surface area contributed by atoms with Crippen molar-refractivity contribution in [1.29, 1.82) is 0 Å². The number of halogens is 1. The van der Waals surface area contributed by atoms with E-state index in [1.165, 1.54) is 6.42 Å². The summed E-state index contributed by atoms with van der Waals surface area (Å²) < 4.78 is 5.73. The molecular formula is C16H16ClNO2. The fraction of sp³-hybridized carbons (Fsp3) is 0.312. The van der Waals surface area contributed by atoms with Gasteiger partial charge in [-0.05, 0) is 49.2 Å². The van der Waals surface area contributed by atoms with Crippen LogP contribution in [-0.4, -0.2) is 5.91 Å². The molecule has 104 valence electrons. The second-order valence-corrected chi connectivity index (χ2v) is 5.55. The Kier molecular flexibility index (Phi) is 3.79. The zero-order chi connectivity index (χ0) is 13.9. The number of rotatable bonds is 4.